The highest BCUT2D eigenvalue weighted by Crippen LogP contribution is 2.21. The minimum atomic E-state index is -0.510. The van der Waals surface area contributed by atoms with Gasteiger partial charge in [0.2, 0.25) is 0 Å². The lowest BCUT2D eigenvalue weighted by molar-refractivity contribution is 0.0305. The van der Waals surface area contributed by atoms with Crippen molar-refractivity contribution in [2.75, 3.05) is 25.5 Å². The van der Waals surface area contributed by atoms with Crippen LogP contribution in [-0.4, -0.2) is 41.7 Å². The van der Waals surface area contributed by atoms with Crippen molar-refractivity contribution >= 4 is 22.7 Å². The molecule has 0 spiro atoms. The number of anilines is 1. The second-order valence-corrected chi connectivity index (χ2v) is 6.35. The molecule has 0 atom stereocenters. The summed E-state index contributed by atoms with van der Waals surface area (Å²) < 4.78 is 18.5. The van der Waals surface area contributed by atoms with Gasteiger partial charge in [-0.05, 0) is 39.0 Å². The summed E-state index contributed by atoms with van der Waals surface area (Å²) in [6.07, 6.45) is 1.27. The molecule has 0 saturated heterocycles. The lowest BCUT2D eigenvalue weighted by Crippen LogP contribution is -2.36. The van der Waals surface area contributed by atoms with Crippen molar-refractivity contribution in [3.05, 3.63) is 36.3 Å². The van der Waals surface area contributed by atoms with Crippen molar-refractivity contribution in [1.82, 2.24) is 9.88 Å². The molecule has 5 nitrogen and oxygen atoms in total. The highest BCUT2D eigenvalue weighted by molar-refractivity contribution is 5.90. The van der Waals surface area contributed by atoms with Crippen LogP contribution in [0.25, 0.3) is 10.9 Å². The van der Waals surface area contributed by atoms with Crippen LogP contribution < -0.4 is 5.32 Å². The maximum absolute atomic E-state index is 13.2. The zero-order valence-electron chi connectivity index (χ0n) is 13.9. The second-order valence-electron chi connectivity index (χ2n) is 6.35. The molecule has 0 saturated carbocycles. The van der Waals surface area contributed by atoms with Gasteiger partial charge in [-0.1, -0.05) is 0 Å². The van der Waals surface area contributed by atoms with Gasteiger partial charge in [0.05, 0.1) is 5.52 Å². The first kappa shape index (κ1) is 17.0. The number of amides is 1. The number of carbonyl (C=O) groups is 1. The number of hydrogen-bond acceptors (Lipinski definition) is 4. The van der Waals surface area contributed by atoms with E-state index in [4.69, 9.17) is 4.74 Å². The summed E-state index contributed by atoms with van der Waals surface area (Å²) in [6.45, 7) is 6.53. The SMILES string of the molecule is CN(CCNc1ccnc2cc(F)ccc12)C(=O)OC(C)(C)C. The molecule has 2 aromatic rings. The number of ether oxygens (including phenoxy) is 1. The summed E-state index contributed by atoms with van der Waals surface area (Å²) in [6, 6.07) is 6.32. The average molecular weight is 319 g/mol. The minimum Gasteiger partial charge on any atom is -0.444 e. The molecule has 23 heavy (non-hydrogen) atoms. The first-order chi connectivity index (χ1) is 10.8. The number of benzene rings is 1. The van der Waals surface area contributed by atoms with Crippen LogP contribution in [-0.2, 0) is 4.74 Å². The van der Waals surface area contributed by atoms with Gasteiger partial charge in [0.25, 0.3) is 0 Å². The van der Waals surface area contributed by atoms with Crippen molar-refractivity contribution in [3.63, 3.8) is 0 Å². The number of halogens is 1. The number of hydrogen-bond donors (Lipinski definition) is 1. The molecule has 0 radical (unpaired) electrons. The summed E-state index contributed by atoms with van der Waals surface area (Å²) in [5, 5.41) is 4.09. The normalized spacial score (nSPS) is 11.3. The van der Waals surface area contributed by atoms with E-state index < -0.39 is 5.60 Å². The molecule has 0 aliphatic carbocycles. The number of rotatable bonds is 4. The summed E-state index contributed by atoms with van der Waals surface area (Å²) in [4.78, 5) is 17.5. The van der Waals surface area contributed by atoms with Gasteiger partial charge < -0.3 is 15.0 Å². The van der Waals surface area contributed by atoms with Crippen molar-refractivity contribution < 1.29 is 13.9 Å². The Kier molecular flexibility index (Phi) is 5.03. The van der Waals surface area contributed by atoms with Gasteiger partial charge >= 0.3 is 6.09 Å². The van der Waals surface area contributed by atoms with Gasteiger partial charge in [-0.2, -0.15) is 0 Å². The molecule has 1 aromatic heterocycles. The molecular weight excluding hydrogens is 297 g/mol. The lowest BCUT2D eigenvalue weighted by Gasteiger charge is -2.24. The van der Waals surface area contributed by atoms with E-state index in [1.807, 2.05) is 26.8 Å². The van der Waals surface area contributed by atoms with E-state index in [0.29, 0.717) is 18.6 Å². The van der Waals surface area contributed by atoms with Gasteiger partial charge in [-0.15, -0.1) is 0 Å². The Morgan fingerprint density at radius 1 is 1.35 bits per heavy atom. The van der Waals surface area contributed by atoms with Crippen molar-refractivity contribution in [2.24, 2.45) is 0 Å². The van der Waals surface area contributed by atoms with Gasteiger partial charge in [0, 0.05) is 43.5 Å². The number of fused-ring (bicyclic) bond motifs is 1. The molecule has 6 heteroatoms. The summed E-state index contributed by atoms with van der Waals surface area (Å²) in [5.74, 6) is -0.313. The summed E-state index contributed by atoms with van der Waals surface area (Å²) >= 11 is 0. The largest absolute Gasteiger partial charge is 0.444 e. The monoisotopic (exact) mass is 319 g/mol. The molecule has 1 heterocycles. The summed E-state index contributed by atoms with van der Waals surface area (Å²) in [5.41, 5.74) is 0.938. The Hall–Kier alpha value is -2.37. The molecule has 124 valence electrons. The van der Waals surface area contributed by atoms with Crippen LogP contribution >= 0.6 is 0 Å². The minimum absolute atomic E-state index is 0.313. The molecular formula is C17H22FN3O2. The topological polar surface area (TPSA) is 54.5 Å². The van der Waals surface area contributed by atoms with Crippen LogP contribution in [0.1, 0.15) is 20.8 Å². The zero-order chi connectivity index (χ0) is 17.0. The standard InChI is InChI=1S/C17H22FN3O2/c1-17(2,3)23-16(22)21(4)10-9-20-14-7-8-19-15-11-12(18)5-6-13(14)15/h5-8,11H,9-10H2,1-4H3,(H,19,20). The smallest absolute Gasteiger partial charge is 0.410 e. The van der Waals surface area contributed by atoms with Gasteiger partial charge in [-0.3, -0.25) is 4.98 Å². The predicted molar refractivity (Wildman–Crippen MR) is 89.1 cm³/mol. The number of carbonyl (C=O) groups excluding carboxylic acids is 1. The Balaban J connectivity index is 1.95. The fourth-order valence-electron chi connectivity index (χ4n) is 2.06. The highest BCUT2D eigenvalue weighted by atomic mass is 19.1. The summed E-state index contributed by atoms with van der Waals surface area (Å²) in [7, 11) is 1.69. The van der Waals surface area contributed by atoms with E-state index in [1.54, 1.807) is 19.3 Å². The average Bonchev–Trinajstić information content (AvgIpc) is 2.45. The van der Waals surface area contributed by atoms with Gasteiger partial charge in [-0.25, -0.2) is 9.18 Å². The molecule has 0 bridgehead atoms. The van der Waals surface area contributed by atoms with Crippen molar-refractivity contribution in [3.8, 4) is 0 Å². The van der Waals surface area contributed by atoms with Crippen LogP contribution in [0.15, 0.2) is 30.5 Å². The van der Waals surface area contributed by atoms with Crippen LogP contribution in [0.5, 0.6) is 0 Å². The van der Waals surface area contributed by atoms with E-state index in [1.165, 1.54) is 17.0 Å². The third kappa shape index (κ3) is 4.81. The number of aromatic nitrogens is 1. The first-order valence-corrected chi connectivity index (χ1v) is 7.48. The Morgan fingerprint density at radius 3 is 2.78 bits per heavy atom. The van der Waals surface area contributed by atoms with Crippen molar-refractivity contribution in [1.29, 1.82) is 0 Å². The molecule has 0 unspecified atom stereocenters. The third-order valence-electron chi connectivity index (χ3n) is 3.17. The first-order valence-electron chi connectivity index (χ1n) is 7.48. The van der Waals surface area contributed by atoms with Crippen LogP contribution in [0.3, 0.4) is 0 Å². The van der Waals surface area contributed by atoms with E-state index >= 15 is 0 Å². The maximum atomic E-state index is 13.2. The van der Waals surface area contributed by atoms with Gasteiger partial charge in [0.15, 0.2) is 0 Å². The predicted octanol–water partition coefficient (Wildman–Crippen LogP) is 3.65. The lowest BCUT2D eigenvalue weighted by atomic mass is 10.2. The Labute approximate surface area is 135 Å². The fraction of sp³-hybridized carbons (Fsp3) is 0.412. The maximum Gasteiger partial charge on any atom is 0.410 e. The van der Waals surface area contributed by atoms with Crippen LogP contribution in [0.2, 0.25) is 0 Å². The number of likely N-dealkylation sites (N-methyl/N-ethyl adjacent to an activating group) is 1. The molecule has 1 aromatic carbocycles. The van der Waals surface area contributed by atoms with Gasteiger partial charge in [0.1, 0.15) is 11.4 Å². The van der Waals surface area contributed by atoms with E-state index in [9.17, 15) is 9.18 Å². The number of nitrogens with zero attached hydrogens (tertiary/aromatic N) is 2. The molecule has 0 aliphatic heterocycles. The molecule has 1 N–H and O–H groups in total. The Bertz CT molecular complexity index is 698. The fourth-order valence-corrected chi connectivity index (χ4v) is 2.06. The molecule has 2 rings (SSSR count). The van der Waals surface area contributed by atoms with E-state index in [2.05, 4.69) is 10.3 Å². The molecule has 1 amide bonds. The van der Waals surface area contributed by atoms with Crippen LogP contribution in [0.4, 0.5) is 14.9 Å². The number of nitrogens with one attached hydrogen (secondary N) is 1. The molecule has 0 aliphatic rings. The zero-order valence-corrected chi connectivity index (χ0v) is 13.9. The number of pyridine rings is 1. The van der Waals surface area contributed by atoms with Crippen LogP contribution in [0, 0.1) is 5.82 Å². The second kappa shape index (κ2) is 6.81. The van der Waals surface area contributed by atoms with E-state index in [0.717, 1.165) is 11.1 Å². The quantitative estimate of drug-likeness (QED) is 0.934. The van der Waals surface area contributed by atoms with Crippen molar-refractivity contribution in [2.45, 2.75) is 26.4 Å². The molecule has 0 fully saturated rings. The van der Waals surface area contributed by atoms with E-state index in [-0.39, 0.29) is 11.9 Å². The third-order valence-corrected chi connectivity index (χ3v) is 3.17. The highest BCUT2D eigenvalue weighted by Gasteiger charge is 2.19. The Morgan fingerprint density at radius 2 is 2.09 bits per heavy atom.